The lowest BCUT2D eigenvalue weighted by Crippen LogP contribution is -2.43. The number of nitrogens with one attached hydrogen (secondary N) is 1. The molecular weight excluding hydrogens is 402 g/mol. The summed E-state index contributed by atoms with van der Waals surface area (Å²) in [7, 11) is 0. The second kappa shape index (κ2) is 8.89. The van der Waals surface area contributed by atoms with E-state index in [2.05, 4.69) is 5.32 Å². The van der Waals surface area contributed by atoms with E-state index >= 15 is 0 Å². The van der Waals surface area contributed by atoms with Gasteiger partial charge in [-0.05, 0) is 49.4 Å². The van der Waals surface area contributed by atoms with Gasteiger partial charge in [0.2, 0.25) is 5.91 Å². The molecule has 1 atom stereocenters. The molecule has 1 N–H and O–H groups in total. The number of hydrogen-bond acceptors (Lipinski definition) is 5. The van der Waals surface area contributed by atoms with Gasteiger partial charge in [-0.2, -0.15) is 0 Å². The summed E-state index contributed by atoms with van der Waals surface area (Å²) in [5, 5.41) is 3.25. The standard InChI is InChI=1S/C22H23N3O4S/c1-30-17-8-4-6-15(12-17)23-20(26)14-24-19-10-3-2-9-18(19)21(27)25(22(24)28)13-16-7-5-11-29-16/h2-4,6,8-10,12,16H,5,7,11,13-14H2,1H3,(H,23,26). The highest BCUT2D eigenvalue weighted by Crippen LogP contribution is 2.19. The summed E-state index contributed by atoms with van der Waals surface area (Å²) >= 11 is 1.58. The number of fused-ring (bicyclic) bond motifs is 1. The van der Waals surface area contributed by atoms with Gasteiger partial charge in [0.1, 0.15) is 6.54 Å². The molecule has 1 aliphatic rings. The minimum absolute atomic E-state index is 0.159. The lowest BCUT2D eigenvalue weighted by atomic mass is 10.2. The van der Waals surface area contributed by atoms with Crippen molar-refractivity contribution in [3.8, 4) is 0 Å². The lowest BCUT2D eigenvalue weighted by Gasteiger charge is -2.16. The molecule has 1 fully saturated rings. The molecule has 1 aromatic heterocycles. The molecule has 0 spiro atoms. The van der Waals surface area contributed by atoms with E-state index in [1.165, 1.54) is 9.13 Å². The molecule has 1 saturated heterocycles. The van der Waals surface area contributed by atoms with Crippen LogP contribution in [-0.4, -0.2) is 34.0 Å². The molecule has 2 aromatic carbocycles. The highest BCUT2D eigenvalue weighted by Gasteiger charge is 2.21. The minimum atomic E-state index is -0.498. The molecule has 0 aliphatic carbocycles. The molecule has 0 bridgehead atoms. The summed E-state index contributed by atoms with van der Waals surface area (Å²) in [5.74, 6) is -0.331. The molecular formula is C22H23N3O4S. The van der Waals surface area contributed by atoms with Crippen LogP contribution < -0.4 is 16.6 Å². The number of carbonyl (C=O) groups excluding carboxylic acids is 1. The third-order valence-electron chi connectivity index (χ3n) is 5.20. The van der Waals surface area contributed by atoms with Crippen molar-refractivity contribution in [2.45, 2.75) is 36.9 Å². The van der Waals surface area contributed by atoms with E-state index < -0.39 is 5.69 Å². The van der Waals surface area contributed by atoms with Crippen molar-refractivity contribution < 1.29 is 9.53 Å². The Balaban J connectivity index is 1.69. The highest BCUT2D eigenvalue weighted by molar-refractivity contribution is 7.98. The Morgan fingerprint density at radius 2 is 2.00 bits per heavy atom. The Morgan fingerprint density at radius 1 is 1.17 bits per heavy atom. The Labute approximate surface area is 177 Å². The number of carbonyl (C=O) groups is 1. The SMILES string of the molecule is CSc1cccc(NC(=O)Cn2c(=O)n(CC3CCCO3)c(=O)c3ccccc32)c1. The van der Waals surface area contributed by atoms with Gasteiger partial charge in [0.25, 0.3) is 5.56 Å². The first kappa shape index (κ1) is 20.4. The number of thioether (sulfide) groups is 1. The Bertz CT molecular complexity index is 1190. The van der Waals surface area contributed by atoms with Gasteiger partial charge in [-0.3, -0.25) is 18.7 Å². The van der Waals surface area contributed by atoms with Crippen LogP contribution in [0.3, 0.4) is 0 Å². The number of para-hydroxylation sites is 1. The van der Waals surface area contributed by atoms with Crippen molar-refractivity contribution in [2.24, 2.45) is 0 Å². The molecule has 3 aromatic rings. The zero-order valence-electron chi connectivity index (χ0n) is 16.7. The Kier molecular flexibility index (Phi) is 6.06. The van der Waals surface area contributed by atoms with Crippen LogP contribution >= 0.6 is 11.8 Å². The van der Waals surface area contributed by atoms with Crippen molar-refractivity contribution in [1.29, 1.82) is 0 Å². The van der Waals surface area contributed by atoms with Gasteiger partial charge >= 0.3 is 5.69 Å². The second-order valence-corrected chi connectivity index (χ2v) is 8.10. The molecule has 2 heterocycles. The van der Waals surface area contributed by atoms with Crippen LogP contribution in [0.1, 0.15) is 12.8 Å². The quantitative estimate of drug-likeness (QED) is 0.614. The minimum Gasteiger partial charge on any atom is -0.376 e. The van der Waals surface area contributed by atoms with E-state index in [9.17, 15) is 14.4 Å². The zero-order chi connectivity index (χ0) is 21.1. The molecule has 7 nitrogen and oxygen atoms in total. The number of amides is 1. The fraction of sp³-hybridized carbons (Fsp3) is 0.318. The predicted molar refractivity (Wildman–Crippen MR) is 118 cm³/mol. The first-order chi connectivity index (χ1) is 14.6. The smallest absolute Gasteiger partial charge is 0.332 e. The largest absolute Gasteiger partial charge is 0.376 e. The summed E-state index contributed by atoms with van der Waals surface area (Å²) in [5.41, 5.74) is 0.263. The number of hydrogen-bond donors (Lipinski definition) is 1. The molecule has 4 rings (SSSR count). The van der Waals surface area contributed by atoms with Crippen LogP contribution in [0.5, 0.6) is 0 Å². The first-order valence-electron chi connectivity index (χ1n) is 9.84. The number of nitrogens with zero attached hydrogens (tertiary/aromatic N) is 2. The normalized spacial score (nSPS) is 16.1. The maximum absolute atomic E-state index is 13.2. The molecule has 1 unspecified atom stereocenters. The molecule has 156 valence electrons. The van der Waals surface area contributed by atoms with Crippen molar-refractivity contribution in [3.05, 3.63) is 69.4 Å². The van der Waals surface area contributed by atoms with Crippen molar-refractivity contribution in [3.63, 3.8) is 0 Å². The topological polar surface area (TPSA) is 82.3 Å². The molecule has 0 saturated carbocycles. The fourth-order valence-electron chi connectivity index (χ4n) is 3.72. The maximum Gasteiger partial charge on any atom is 0.332 e. The number of anilines is 1. The van der Waals surface area contributed by atoms with Crippen LogP contribution in [0.15, 0.2) is 63.0 Å². The number of ether oxygens (including phenoxy) is 1. The number of rotatable bonds is 6. The molecule has 8 heteroatoms. The molecule has 0 radical (unpaired) electrons. The summed E-state index contributed by atoms with van der Waals surface area (Å²) in [6.07, 6.45) is 3.53. The van der Waals surface area contributed by atoms with Gasteiger partial charge in [0.15, 0.2) is 0 Å². The van der Waals surface area contributed by atoms with E-state index in [-0.39, 0.29) is 30.7 Å². The second-order valence-electron chi connectivity index (χ2n) is 7.22. The number of benzene rings is 2. The van der Waals surface area contributed by atoms with E-state index in [1.807, 2.05) is 24.5 Å². The summed E-state index contributed by atoms with van der Waals surface area (Å²) in [6.45, 7) is 0.646. The van der Waals surface area contributed by atoms with Crippen LogP contribution in [0.4, 0.5) is 5.69 Å². The first-order valence-corrected chi connectivity index (χ1v) is 11.1. The van der Waals surface area contributed by atoms with Crippen LogP contribution in [-0.2, 0) is 22.6 Å². The third-order valence-corrected chi connectivity index (χ3v) is 5.92. The lowest BCUT2D eigenvalue weighted by molar-refractivity contribution is -0.116. The van der Waals surface area contributed by atoms with Gasteiger partial charge < -0.3 is 10.1 Å². The van der Waals surface area contributed by atoms with E-state index in [0.717, 1.165) is 17.7 Å². The van der Waals surface area contributed by atoms with Gasteiger partial charge in [-0.25, -0.2) is 4.79 Å². The van der Waals surface area contributed by atoms with E-state index in [0.29, 0.717) is 23.2 Å². The molecule has 1 aliphatic heterocycles. The van der Waals surface area contributed by atoms with Gasteiger partial charge in [0, 0.05) is 17.2 Å². The van der Waals surface area contributed by atoms with Gasteiger partial charge in [0.05, 0.1) is 23.6 Å². The van der Waals surface area contributed by atoms with Crippen molar-refractivity contribution in [1.82, 2.24) is 9.13 Å². The fourth-order valence-corrected chi connectivity index (χ4v) is 4.18. The van der Waals surface area contributed by atoms with E-state index in [4.69, 9.17) is 4.74 Å². The molecule has 30 heavy (non-hydrogen) atoms. The zero-order valence-corrected chi connectivity index (χ0v) is 17.5. The van der Waals surface area contributed by atoms with Crippen molar-refractivity contribution in [2.75, 3.05) is 18.2 Å². The number of aromatic nitrogens is 2. The maximum atomic E-state index is 13.2. The monoisotopic (exact) mass is 425 g/mol. The summed E-state index contributed by atoms with van der Waals surface area (Å²) in [6, 6.07) is 14.4. The van der Waals surface area contributed by atoms with Crippen molar-refractivity contribution >= 4 is 34.3 Å². The van der Waals surface area contributed by atoms with Crippen LogP contribution in [0, 0.1) is 0 Å². The Hall–Kier alpha value is -2.84. The van der Waals surface area contributed by atoms with Crippen LogP contribution in [0.2, 0.25) is 0 Å². The summed E-state index contributed by atoms with van der Waals surface area (Å²) in [4.78, 5) is 39.9. The Morgan fingerprint density at radius 3 is 2.77 bits per heavy atom. The summed E-state index contributed by atoms with van der Waals surface area (Å²) < 4.78 is 8.17. The van der Waals surface area contributed by atoms with Gasteiger partial charge in [-0.15, -0.1) is 11.8 Å². The van der Waals surface area contributed by atoms with Crippen LogP contribution in [0.25, 0.3) is 10.9 Å². The van der Waals surface area contributed by atoms with Gasteiger partial charge in [-0.1, -0.05) is 18.2 Å². The average Bonchev–Trinajstić information content (AvgIpc) is 3.27. The average molecular weight is 426 g/mol. The predicted octanol–water partition coefficient (Wildman–Crippen LogP) is 2.70. The highest BCUT2D eigenvalue weighted by atomic mass is 32.2. The third kappa shape index (κ3) is 4.20. The van der Waals surface area contributed by atoms with E-state index in [1.54, 1.807) is 42.1 Å². The molecule has 1 amide bonds.